The van der Waals surface area contributed by atoms with Crippen molar-refractivity contribution in [3.05, 3.63) is 29.3 Å². The molecule has 2 aliphatic carbocycles. The van der Waals surface area contributed by atoms with E-state index in [0.29, 0.717) is 12.1 Å². The molecule has 1 aromatic carbocycles. The van der Waals surface area contributed by atoms with Gasteiger partial charge in [0.25, 0.3) is 5.91 Å². The van der Waals surface area contributed by atoms with E-state index in [9.17, 15) is 4.79 Å². The Morgan fingerprint density at radius 1 is 1.08 bits per heavy atom. The Hall–Kier alpha value is -1.03. The number of nitrogens with zero attached hydrogens (tertiary/aromatic N) is 1. The van der Waals surface area contributed by atoms with Crippen molar-refractivity contribution >= 4 is 21.8 Å². The Morgan fingerprint density at radius 3 is 2.21 bits per heavy atom. The summed E-state index contributed by atoms with van der Waals surface area (Å²) >= 11 is 3.48. The average Bonchev–Trinajstić information content (AvgIpc) is 3.16. The van der Waals surface area contributed by atoms with Gasteiger partial charge in [-0.3, -0.25) is 4.79 Å². The van der Waals surface area contributed by atoms with Crippen LogP contribution in [0.2, 0.25) is 0 Å². The lowest BCUT2D eigenvalue weighted by Gasteiger charge is -2.39. The molecule has 1 amide bonds. The molecule has 0 saturated heterocycles. The van der Waals surface area contributed by atoms with Crippen molar-refractivity contribution in [3.63, 3.8) is 0 Å². The second kappa shape index (κ2) is 8.37. The lowest BCUT2D eigenvalue weighted by Crippen LogP contribution is -2.47. The fourth-order valence-electron chi connectivity index (χ4n) is 4.31. The van der Waals surface area contributed by atoms with Crippen LogP contribution < -0.4 is 4.74 Å². The van der Waals surface area contributed by atoms with E-state index in [4.69, 9.17) is 4.74 Å². The van der Waals surface area contributed by atoms with Crippen LogP contribution in [0.3, 0.4) is 0 Å². The number of methoxy groups -OCH3 is 1. The predicted molar refractivity (Wildman–Crippen MR) is 101 cm³/mol. The SMILES string of the molecule is COc1cc(C(=O)N(C2CCCCC2)C2CCCC2)ccc1CBr. The van der Waals surface area contributed by atoms with Crippen LogP contribution in [0.1, 0.15) is 73.7 Å². The van der Waals surface area contributed by atoms with Crippen molar-refractivity contribution in [3.8, 4) is 5.75 Å². The number of hydrogen-bond acceptors (Lipinski definition) is 2. The highest BCUT2D eigenvalue weighted by molar-refractivity contribution is 9.08. The van der Waals surface area contributed by atoms with Crippen molar-refractivity contribution in [2.24, 2.45) is 0 Å². The van der Waals surface area contributed by atoms with Gasteiger partial charge in [-0.05, 0) is 37.8 Å². The first kappa shape index (κ1) is 17.8. The van der Waals surface area contributed by atoms with E-state index >= 15 is 0 Å². The molecule has 0 N–H and O–H groups in total. The van der Waals surface area contributed by atoms with Crippen LogP contribution in [0.4, 0.5) is 0 Å². The summed E-state index contributed by atoms with van der Waals surface area (Å²) < 4.78 is 5.48. The molecular weight excluding hydrogens is 366 g/mol. The molecule has 2 aliphatic rings. The zero-order valence-corrected chi connectivity index (χ0v) is 16.2. The van der Waals surface area contributed by atoms with Crippen LogP contribution in [0.25, 0.3) is 0 Å². The normalized spacial score (nSPS) is 19.4. The van der Waals surface area contributed by atoms with Crippen molar-refractivity contribution in [1.82, 2.24) is 4.90 Å². The minimum atomic E-state index is 0.202. The maximum Gasteiger partial charge on any atom is 0.254 e. The topological polar surface area (TPSA) is 29.5 Å². The molecule has 0 aromatic heterocycles. The van der Waals surface area contributed by atoms with Gasteiger partial charge in [0.1, 0.15) is 5.75 Å². The van der Waals surface area contributed by atoms with Gasteiger partial charge in [-0.1, -0.05) is 54.1 Å². The van der Waals surface area contributed by atoms with Crippen LogP contribution >= 0.6 is 15.9 Å². The fraction of sp³-hybridized carbons (Fsp3) is 0.650. The molecule has 0 atom stereocenters. The summed E-state index contributed by atoms with van der Waals surface area (Å²) in [4.78, 5) is 15.6. The van der Waals surface area contributed by atoms with Crippen LogP contribution in [-0.4, -0.2) is 30.0 Å². The summed E-state index contributed by atoms with van der Waals surface area (Å²) in [6.07, 6.45) is 11.0. The molecular formula is C20H28BrNO2. The summed E-state index contributed by atoms with van der Waals surface area (Å²) in [5, 5.41) is 0.736. The number of halogens is 1. The van der Waals surface area contributed by atoms with Gasteiger partial charge in [-0.2, -0.15) is 0 Å². The van der Waals surface area contributed by atoms with Gasteiger partial charge < -0.3 is 9.64 Å². The second-order valence-corrected chi connectivity index (χ2v) is 7.66. The lowest BCUT2D eigenvalue weighted by atomic mass is 9.92. The highest BCUT2D eigenvalue weighted by atomic mass is 79.9. The minimum Gasteiger partial charge on any atom is -0.496 e. The molecule has 2 saturated carbocycles. The molecule has 3 nitrogen and oxygen atoms in total. The molecule has 1 aromatic rings. The first-order chi connectivity index (χ1) is 11.7. The van der Waals surface area contributed by atoms with Gasteiger partial charge in [0, 0.05) is 28.5 Å². The van der Waals surface area contributed by atoms with Crippen molar-refractivity contribution in [2.75, 3.05) is 7.11 Å². The maximum absolute atomic E-state index is 13.4. The van der Waals surface area contributed by atoms with E-state index in [0.717, 1.165) is 22.2 Å². The third-order valence-corrected chi connectivity index (χ3v) is 6.20. The number of rotatable bonds is 5. The number of carbonyl (C=O) groups is 1. The third kappa shape index (κ3) is 3.79. The Kier molecular flexibility index (Phi) is 6.20. The van der Waals surface area contributed by atoms with Gasteiger partial charge >= 0.3 is 0 Å². The Labute approximate surface area is 153 Å². The van der Waals surface area contributed by atoms with Crippen LogP contribution in [0.5, 0.6) is 5.75 Å². The van der Waals surface area contributed by atoms with E-state index in [1.807, 2.05) is 18.2 Å². The van der Waals surface area contributed by atoms with Gasteiger partial charge in [0.2, 0.25) is 0 Å². The summed E-state index contributed by atoms with van der Waals surface area (Å²) in [5.41, 5.74) is 1.85. The van der Waals surface area contributed by atoms with E-state index in [1.54, 1.807) is 7.11 Å². The van der Waals surface area contributed by atoms with Crippen molar-refractivity contribution in [1.29, 1.82) is 0 Å². The molecule has 0 bridgehead atoms. The van der Waals surface area contributed by atoms with Crippen molar-refractivity contribution < 1.29 is 9.53 Å². The first-order valence-electron chi connectivity index (χ1n) is 9.30. The summed E-state index contributed by atoms with van der Waals surface area (Å²) in [5.74, 6) is 1.00. The second-order valence-electron chi connectivity index (χ2n) is 7.10. The van der Waals surface area contributed by atoms with Crippen LogP contribution in [0, 0.1) is 0 Å². The molecule has 0 spiro atoms. The molecule has 0 aliphatic heterocycles. The van der Waals surface area contributed by atoms with E-state index < -0.39 is 0 Å². The average molecular weight is 394 g/mol. The Morgan fingerprint density at radius 2 is 1.67 bits per heavy atom. The van der Waals surface area contributed by atoms with E-state index in [1.165, 1.54) is 57.8 Å². The number of carbonyl (C=O) groups excluding carboxylic acids is 1. The highest BCUT2D eigenvalue weighted by Gasteiger charge is 2.33. The molecule has 3 rings (SSSR count). The molecule has 2 fully saturated rings. The smallest absolute Gasteiger partial charge is 0.254 e. The summed E-state index contributed by atoms with van der Waals surface area (Å²) in [7, 11) is 1.67. The molecule has 0 heterocycles. The Bertz CT molecular complexity index is 563. The minimum absolute atomic E-state index is 0.202. The standard InChI is InChI=1S/C20H28BrNO2/c1-24-19-13-15(11-12-16(19)14-21)20(23)22(18-9-5-6-10-18)17-7-3-2-4-8-17/h11-13,17-18H,2-10,14H2,1H3. The number of ether oxygens (including phenoxy) is 1. The lowest BCUT2D eigenvalue weighted by molar-refractivity contribution is 0.0517. The first-order valence-corrected chi connectivity index (χ1v) is 10.4. The third-order valence-electron chi connectivity index (χ3n) is 5.60. The summed E-state index contributed by atoms with van der Waals surface area (Å²) in [6, 6.07) is 6.75. The molecule has 0 radical (unpaired) electrons. The van der Waals surface area contributed by atoms with Gasteiger partial charge in [-0.25, -0.2) is 0 Å². The summed E-state index contributed by atoms with van der Waals surface area (Å²) in [6.45, 7) is 0. The number of alkyl halides is 1. The number of amides is 1. The highest BCUT2D eigenvalue weighted by Crippen LogP contribution is 2.33. The van der Waals surface area contributed by atoms with E-state index in [2.05, 4.69) is 20.8 Å². The van der Waals surface area contributed by atoms with Crippen molar-refractivity contribution in [2.45, 2.75) is 75.2 Å². The quantitative estimate of drug-likeness (QED) is 0.634. The predicted octanol–water partition coefficient (Wildman–Crippen LogP) is 5.31. The van der Waals surface area contributed by atoms with Gasteiger partial charge in [-0.15, -0.1) is 0 Å². The van der Waals surface area contributed by atoms with E-state index in [-0.39, 0.29) is 5.91 Å². The molecule has 132 valence electrons. The number of benzene rings is 1. The monoisotopic (exact) mass is 393 g/mol. The molecule has 4 heteroatoms. The largest absolute Gasteiger partial charge is 0.496 e. The maximum atomic E-state index is 13.4. The molecule has 0 unspecified atom stereocenters. The zero-order chi connectivity index (χ0) is 16.9. The zero-order valence-electron chi connectivity index (χ0n) is 14.6. The van der Waals surface area contributed by atoms with Crippen LogP contribution in [0.15, 0.2) is 18.2 Å². The fourth-order valence-corrected chi connectivity index (χ4v) is 4.77. The van der Waals surface area contributed by atoms with Gasteiger partial charge in [0.05, 0.1) is 7.11 Å². The molecule has 24 heavy (non-hydrogen) atoms. The van der Waals surface area contributed by atoms with Crippen LogP contribution in [-0.2, 0) is 5.33 Å². The van der Waals surface area contributed by atoms with Gasteiger partial charge in [0.15, 0.2) is 0 Å². The number of hydrogen-bond donors (Lipinski definition) is 0. The Balaban J connectivity index is 1.87.